The topological polar surface area (TPSA) is 29.3 Å². The second kappa shape index (κ2) is 7.43. The molecule has 0 aliphatic carbocycles. The Labute approximate surface area is 121 Å². The SMILES string of the molecule is CCN(CC)CCC(N)c1ccc(Br)c(Cl)c1F. The number of hydrogen-bond acceptors (Lipinski definition) is 2. The van der Waals surface area contributed by atoms with Crippen LogP contribution in [0.3, 0.4) is 0 Å². The minimum atomic E-state index is -0.418. The number of rotatable bonds is 6. The summed E-state index contributed by atoms with van der Waals surface area (Å²) in [6, 6.07) is 3.10. The van der Waals surface area contributed by atoms with Gasteiger partial charge in [0.2, 0.25) is 0 Å². The smallest absolute Gasteiger partial charge is 0.147 e. The van der Waals surface area contributed by atoms with Gasteiger partial charge in [0.25, 0.3) is 0 Å². The lowest BCUT2D eigenvalue weighted by Gasteiger charge is -2.21. The maximum atomic E-state index is 13.9. The third-order valence-electron chi connectivity index (χ3n) is 3.12. The van der Waals surface area contributed by atoms with Crippen LogP contribution in [0.5, 0.6) is 0 Å². The van der Waals surface area contributed by atoms with Gasteiger partial charge in [-0.1, -0.05) is 31.5 Å². The highest BCUT2D eigenvalue weighted by Gasteiger charge is 2.16. The summed E-state index contributed by atoms with van der Waals surface area (Å²) in [5.41, 5.74) is 6.51. The highest BCUT2D eigenvalue weighted by Crippen LogP contribution is 2.30. The van der Waals surface area contributed by atoms with Crippen molar-refractivity contribution in [1.82, 2.24) is 4.90 Å². The molecule has 0 heterocycles. The third-order valence-corrected chi connectivity index (χ3v) is 4.37. The van der Waals surface area contributed by atoms with Crippen molar-refractivity contribution in [2.45, 2.75) is 26.3 Å². The van der Waals surface area contributed by atoms with E-state index in [0.717, 1.165) is 26.1 Å². The van der Waals surface area contributed by atoms with Crippen LogP contribution in [0.4, 0.5) is 4.39 Å². The first-order chi connectivity index (χ1) is 8.51. The van der Waals surface area contributed by atoms with Crippen LogP contribution in [0.25, 0.3) is 0 Å². The average Bonchev–Trinajstić information content (AvgIpc) is 2.37. The van der Waals surface area contributed by atoms with Crippen LogP contribution < -0.4 is 5.73 Å². The van der Waals surface area contributed by atoms with Crippen molar-refractivity contribution >= 4 is 27.5 Å². The van der Waals surface area contributed by atoms with E-state index in [4.69, 9.17) is 17.3 Å². The summed E-state index contributed by atoms with van der Waals surface area (Å²) in [7, 11) is 0. The van der Waals surface area contributed by atoms with E-state index in [-0.39, 0.29) is 11.1 Å². The molecule has 1 atom stereocenters. The molecule has 1 aromatic rings. The van der Waals surface area contributed by atoms with E-state index in [1.54, 1.807) is 12.1 Å². The normalized spacial score (nSPS) is 13.1. The number of hydrogen-bond donors (Lipinski definition) is 1. The summed E-state index contributed by atoms with van der Waals surface area (Å²) in [5, 5.41) is 0.103. The molecule has 2 nitrogen and oxygen atoms in total. The van der Waals surface area contributed by atoms with Crippen molar-refractivity contribution in [1.29, 1.82) is 0 Å². The lowest BCUT2D eigenvalue weighted by atomic mass is 10.0. The van der Waals surface area contributed by atoms with Gasteiger partial charge in [0, 0.05) is 16.1 Å². The summed E-state index contributed by atoms with van der Waals surface area (Å²) >= 11 is 9.05. The van der Waals surface area contributed by atoms with Gasteiger partial charge in [0.15, 0.2) is 0 Å². The molecule has 102 valence electrons. The number of benzene rings is 1. The van der Waals surface area contributed by atoms with Gasteiger partial charge in [-0.15, -0.1) is 0 Å². The molecule has 1 rings (SSSR count). The summed E-state index contributed by atoms with van der Waals surface area (Å²) in [6.07, 6.45) is 0.719. The van der Waals surface area contributed by atoms with Gasteiger partial charge in [-0.3, -0.25) is 0 Å². The van der Waals surface area contributed by atoms with Crippen molar-refractivity contribution in [3.63, 3.8) is 0 Å². The van der Waals surface area contributed by atoms with Gasteiger partial charge in [-0.2, -0.15) is 0 Å². The molecule has 0 saturated heterocycles. The second-order valence-electron chi connectivity index (χ2n) is 4.19. The Balaban J connectivity index is 2.73. The van der Waals surface area contributed by atoms with Gasteiger partial charge in [0.05, 0.1) is 5.02 Å². The molecule has 0 aliphatic heterocycles. The zero-order valence-corrected chi connectivity index (χ0v) is 13.1. The Morgan fingerprint density at radius 3 is 2.56 bits per heavy atom. The van der Waals surface area contributed by atoms with E-state index in [2.05, 4.69) is 34.7 Å². The fourth-order valence-electron chi connectivity index (χ4n) is 1.84. The van der Waals surface area contributed by atoms with E-state index >= 15 is 0 Å². The molecule has 0 aliphatic rings. The van der Waals surface area contributed by atoms with Crippen LogP contribution in [-0.2, 0) is 0 Å². The summed E-state index contributed by atoms with van der Waals surface area (Å²) in [4.78, 5) is 2.26. The average molecular weight is 338 g/mol. The summed E-state index contributed by atoms with van der Waals surface area (Å²) in [6.45, 7) is 7.03. The molecule has 0 aromatic heterocycles. The van der Waals surface area contributed by atoms with Crippen LogP contribution in [0.2, 0.25) is 5.02 Å². The van der Waals surface area contributed by atoms with Gasteiger partial charge in [-0.05, 0) is 48.1 Å². The lowest BCUT2D eigenvalue weighted by Crippen LogP contribution is -2.27. The minimum absolute atomic E-state index is 0.103. The van der Waals surface area contributed by atoms with Crippen LogP contribution in [0.1, 0.15) is 31.9 Å². The molecule has 18 heavy (non-hydrogen) atoms. The van der Waals surface area contributed by atoms with Crippen LogP contribution in [0, 0.1) is 5.82 Å². The molecular formula is C13H19BrClFN2. The van der Waals surface area contributed by atoms with Crippen molar-refractivity contribution in [3.05, 3.63) is 33.0 Å². The van der Waals surface area contributed by atoms with Crippen LogP contribution in [-0.4, -0.2) is 24.5 Å². The van der Waals surface area contributed by atoms with Crippen molar-refractivity contribution < 1.29 is 4.39 Å². The maximum absolute atomic E-state index is 13.9. The molecule has 5 heteroatoms. The Morgan fingerprint density at radius 1 is 1.39 bits per heavy atom. The number of nitrogens with zero attached hydrogens (tertiary/aromatic N) is 1. The van der Waals surface area contributed by atoms with Crippen LogP contribution >= 0.6 is 27.5 Å². The lowest BCUT2D eigenvalue weighted by molar-refractivity contribution is 0.290. The Morgan fingerprint density at radius 2 is 2.00 bits per heavy atom. The quantitative estimate of drug-likeness (QED) is 0.796. The van der Waals surface area contributed by atoms with Crippen molar-refractivity contribution in [2.75, 3.05) is 19.6 Å². The Bertz CT molecular complexity index is 397. The van der Waals surface area contributed by atoms with Crippen molar-refractivity contribution in [3.8, 4) is 0 Å². The number of nitrogens with two attached hydrogens (primary N) is 1. The van der Waals surface area contributed by atoms with Gasteiger partial charge < -0.3 is 10.6 Å². The molecule has 1 aromatic carbocycles. The maximum Gasteiger partial charge on any atom is 0.147 e. The predicted molar refractivity (Wildman–Crippen MR) is 78.4 cm³/mol. The molecule has 0 bridgehead atoms. The predicted octanol–water partition coefficient (Wildman–Crippen LogP) is 3.97. The molecule has 0 saturated carbocycles. The molecule has 0 radical (unpaired) electrons. The van der Waals surface area contributed by atoms with E-state index in [0.29, 0.717) is 10.0 Å². The summed E-state index contributed by atoms with van der Waals surface area (Å²) < 4.78 is 14.5. The highest BCUT2D eigenvalue weighted by molar-refractivity contribution is 9.10. The number of halogens is 3. The summed E-state index contributed by atoms with van der Waals surface area (Å²) in [5.74, 6) is -0.418. The Hall–Kier alpha value is -0.160. The van der Waals surface area contributed by atoms with Gasteiger partial charge in [0.1, 0.15) is 5.82 Å². The third kappa shape index (κ3) is 3.92. The van der Waals surface area contributed by atoms with Gasteiger partial charge >= 0.3 is 0 Å². The second-order valence-corrected chi connectivity index (χ2v) is 5.42. The molecule has 2 N–H and O–H groups in total. The van der Waals surface area contributed by atoms with E-state index in [1.165, 1.54) is 0 Å². The minimum Gasteiger partial charge on any atom is -0.324 e. The zero-order valence-electron chi connectivity index (χ0n) is 10.7. The monoisotopic (exact) mass is 336 g/mol. The van der Waals surface area contributed by atoms with E-state index in [9.17, 15) is 4.39 Å². The molecule has 0 fully saturated rings. The fourth-order valence-corrected chi connectivity index (χ4v) is 2.32. The Kier molecular flexibility index (Phi) is 6.57. The first-order valence-corrected chi connectivity index (χ1v) is 7.29. The largest absolute Gasteiger partial charge is 0.324 e. The molecular weight excluding hydrogens is 319 g/mol. The van der Waals surface area contributed by atoms with E-state index in [1.807, 2.05) is 0 Å². The zero-order chi connectivity index (χ0) is 13.7. The standard InChI is InChI=1S/C13H19BrClFN2/c1-3-18(4-2)8-7-11(17)9-5-6-10(14)12(15)13(9)16/h5-6,11H,3-4,7-8,17H2,1-2H3. The first-order valence-electron chi connectivity index (χ1n) is 6.12. The van der Waals surface area contributed by atoms with E-state index < -0.39 is 5.82 Å². The van der Waals surface area contributed by atoms with Gasteiger partial charge in [-0.25, -0.2) is 4.39 Å². The van der Waals surface area contributed by atoms with Crippen molar-refractivity contribution in [2.24, 2.45) is 5.73 Å². The highest BCUT2D eigenvalue weighted by atomic mass is 79.9. The fraction of sp³-hybridized carbons (Fsp3) is 0.538. The first kappa shape index (κ1) is 15.9. The molecule has 0 spiro atoms. The molecule has 1 unspecified atom stereocenters. The van der Waals surface area contributed by atoms with Crippen LogP contribution in [0.15, 0.2) is 16.6 Å². The molecule has 0 amide bonds.